The van der Waals surface area contributed by atoms with Gasteiger partial charge in [0.1, 0.15) is 5.60 Å². The Kier molecular flexibility index (Phi) is 4.82. The maximum atomic E-state index is 11.6. The predicted molar refractivity (Wildman–Crippen MR) is 69.3 cm³/mol. The Bertz CT molecular complexity index is 312. The molecule has 0 aromatic heterocycles. The SMILES string of the molecule is CCC(NC(=O)OC(C)(C)C)C1=NC(O)CS1. The van der Waals surface area contributed by atoms with Crippen molar-refractivity contribution in [2.45, 2.75) is 52.0 Å². The van der Waals surface area contributed by atoms with Crippen molar-refractivity contribution in [2.24, 2.45) is 4.99 Å². The number of ether oxygens (including phenoxy) is 1. The van der Waals surface area contributed by atoms with Crippen LogP contribution in [0.5, 0.6) is 0 Å². The lowest BCUT2D eigenvalue weighted by Gasteiger charge is -2.22. The average Bonchev–Trinajstić information content (AvgIpc) is 2.58. The van der Waals surface area contributed by atoms with E-state index in [4.69, 9.17) is 4.74 Å². The molecule has 1 aliphatic heterocycles. The van der Waals surface area contributed by atoms with Gasteiger partial charge < -0.3 is 15.2 Å². The number of alkyl carbamates (subject to hydrolysis) is 1. The van der Waals surface area contributed by atoms with Crippen molar-refractivity contribution in [3.05, 3.63) is 0 Å². The maximum absolute atomic E-state index is 11.6. The lowest BCUT2D eigenvalue weighted by Crippen LogP contribution is -2.42. The van der Waals surface area contributed by atoms with Gasteiger partial charge in [0.2, 0.25) is 0 Å². The second-order valence-corrected chi connectivity index (χ2v) is 5.91. The lowest BCUT2D eigenvalue weighted by atomic mass is 10.2. The zero-order chi connectivity index (χ0) is 13.1. The van der Waals surface area contributed by atoms with Gasteiger partial charge in [-0.15, -0.1) is 11.8 Å². The van der Waals surface area contributed by atoms with Crippen LogP contribution in [0.15, 0.2) is 4.99 Å². The number of aliphatic hydroxyl groups excluding tert-OH is 1. The van der Waals surface area contributed by atoms with E-state index in [2.05, 4.69) is 10.3 Å². The van der Waals surface area contributed by atoms with E-state index in [-0.39, 0.29) is 6.04 Å². The van der Waals surface area contributed by atoms with Gasteiger partial charge in [-0.25, -0.2) is 9.79 Å². The standard InChI is InChI=1S/C11H20N2O3S/c1-5-7(9-13-8(14)6-17-9)12-10(15)16-11(2,3)4/h7-8,14H,5-6H2,1-4H3,(H,12,15). The fraction of sp³-hybridized carbons (Fsp3) is 0.818. The van der Waals surface area contributed by atoms with Crippen molar-refractivity contribution < 1.29 is 14.6 Å². The van der Waals surface area contributed by atoms with Crippen LogP contribution in [-0.2, 0) is 4.74 Å². The van der Waals surface area contributed by atoms with E-state index in [9.17, 15) is 9.90 Å². The van der Waals surface area contributed by atoms with Crippen LogP contribution in [0.25, 0.3) is 0 Å². The highest BCUT2D eigenvalue weighted by atomic mass is 32.2. The Hall–Kier alpha value is -0.750. The summed E-state index contributed by atoms with van der Waals surface area (Å²) in [6.07, 6.45) is -0.379. The predicted octanol–water partition coefficient (Wildman–Crippen LogP) is 1.75. The molecule has 98 valence electrons. The van der Waals surface area contributed by atoms with Crippen molar-refractivity contribution >= 4 is 22.9 Å². The Morgan fingerprint density at radius 1 is 1.71 bits per heavy atom. The van der Waals surface area contributed by atoms with Crippen LogP contribution in [-0.4, -0.2) is 39.9 Å². The highest BCUT2D eigenvalue weighted by molar-refractivity contribution is 8.14. The molecule has 0 saturated carbocycles. The Morgan fingerprint density at radius 3 is 2.76 bits per heavy atom. The summed E-state index contributed by atoms with van der Waals surface area (Å²) in [5.74, 6) is 0.557. The largest absolute Gasteiger partial charge is 0.444 e. The summed E-state index contributed by atoms with van der Waals surface area (Å²) in [6, 6.07) is -0.174. The van der Waals surface area contributed by atoms with Crippen molar-refractivity contribution in [1.82, 2.24) is 5.32 Å². The average molecular weight is 260 g/mol. The number of aliphatic hydroxyl groups is 1. The van der Waals surface area contributed by atoms with Crippen molar-refractivity contribution in [1.29, 1.82) is 0 Å². The van der Waals surface area contributed by atoms with Crippen LogP contribution in [0.3, 0.4) is 0 Å². The van der Waals surface area contributed by atoms with Crippen molar-refractivity contribution in [3.63, 3.8) is 0 Å². The first-order chi connectivity index (χ1) is 7.81. The van der Waals surface area contributed by atoms with E-state index in [0.29, 0.717) is 5.75 Å². The number of carbonyl (C=O) groups is 1. The molecule has 1 aliphatic rings. The summed E-state index contributed by atoms with van der Waals surface area (Å²) in [4.78, 5) is 15.7. The highest BCUT2D eigenvalue weighted by Crippen LogP contribution is 2.20. The summed E-state index contributed by atoms with van der Waals surface area (Å²) >= 11 is 1.47. The minimum absolute atomic E-state index is 0.174. The first-order valence-corrected chi connectivity index (χ1v) is 6.68. The second-order valence-electron chi connectivity index (χ2n) is 4.87. The van der Waals surface area contributed by atoms with E-state index >= 15 is 0 Å². The molecule has 1 amide bonds. The van der Waals surface area contributed by atoms with Gasteiger partial charge in [-0.3, -0.25) is 0 Å². The third kappa shape index (κ3) is 4.95. The number of amides is 1. The van der Waals surface area contributed by atoms with Crippen LogP contribution in [0, 0.1) is 0 Å². The number of nitrogens with zero attached hydrogens (tertiary/aromatic N) is 1. The Balaban J connectivity index is 2.53. The molecule has 1 heterocycles. The first kappa shape index (κ1) is 14.3. The molecule has 17 heavy (non-hydrogen) atoms. The lowest BCUT2D eigenvalue weighted by molar-refractivity contribution is 0.0517. The van der Waals surface area contributed by atoms with Gasteiger partial charge in [-0.2, -0.15) is 0 Å². The highest BCUT2D eigenvalue weighted by Gasteiger charge is 2.25. The van der Waals surface area contributed by atoms with Gasteiger partial charge in [0, 0.05) is 5.75 Å². The molecule has 0 saturated heterocycles. The molecule has 2 unspecified atom stereocenters. The fourth-order valence-electron chi connectivity index (χ4n) is 1.36. The maximum Gasteiger partial charge on any atom is 0.408 e. The van der Waals surface area contributed by atoms with Gasteiger partial charge >= 0.3 is 6.09 Å². The molecular formula is C11H20N2O3S. The van der Waals surface area contributed by atoms with Crippen molar-refractivity contribution in [3.8, 4) is 0 Å². The molecule has 0 aromatic rings. The number of nitrogens with one attached hydrogen (secondary N) is 1. The minimum Gasteiger partial charge on any atom is -0.444 e. The molecule has 0 radical (unpaired) electrons. The topological polar surface area (TPSA) is 70.9 Å². The summed E-state index contributed by atoms with van der Waals surface area (Å²) in [5, 5.41) is 12.8. The van der Waals surface area contributed by atoms with Gasteiger partial charge in [0.15, 0.2) is 6.23 Å². The number of hydrogen-bond donors (Lipinski definition) is 2. The van der Waals surface area contributed by atoms with E-state index in [0.717, 1.165) is 11.5 Å². The summed E-state index contributed by atoms with van der Waals surface area (Å²) < 4.78 is 5.18. The first-order valence-electron chi connectivity index (χ1n) is 5.70. The summed E-state index contributed by atoms with van der Waals surface area (Å²) in [7, 11) is 0. The molecule has 0 fully saturated rings. The molecule has 0 bridgehead atoms. The number of hydrogen-bond acceptors (Lipinski definition) is 5. The Labute approximate surface area is 106 Å². The van der Waals surface area contributed by atoms with E-state index < -0.39 is 17.9 Å². The zero-order valence-corrected chi connectivity index (χ0v) is 11.5. The third-order valence-electron chi connectivity index (χ3n) is 2.05. The third-order valence-corrected chi connectivity index (χ3v) is 3.20. The molecule has 6 heteroatoms. The smallest absolute Gasteiger partial charge is 0.408 e. The van der Waals surface area contributed by atoms with Crippen LogP contribution < -0.4 is 5.32 Å². The second kappa shape index (κ2) is 5.73. The minimum atomic E-state index is -0.649. The number of carbonyl (C=O) groups excluding carboxylic acids is 1. The summed E-state index contributed by atoms with van der Waals surface area (Å²) in [6.45, 7) is 7.41. The van der Waals surface area contributed by atoms with Gasteiger partial charge in [-0.05, 0) is 27.2 Å². The Morgan fingerprint density at radius 2 is 2.35 bits per heavy atom. The molecule has 0 spiro atoms. The zero-order valence-electron chi connectivity index (χ0n) is 10.7. The van der Waals surface area contributed by atoms with Crippen LogP contribution in [0.1, 0.15) is 34.1 Å². The molecule has 1 rings (SSSR count). The molecule has 2 N–H and O–H groups in total. The van der Waals surface area contributed by atoms with E-state index in [1.165, 1.54) is 11.8 Å². The fourth-order valence-corrected chi connectivity index (χ4v) is 2.38. The van der Waals surface area contributed by atoms with Gasteiger partial charge in [0.05, 0.1) is 11.1 Å². The van der Waals surface area contributed by atoms with E-state index in [1.807, 2.05) is 27.7 Å². The molecule has 0 aliphatic carbocycles. The van der Waals surface area contributed by atoms with E-state index in [1.54, 1.807) is 0 Å². The number of rotatable bonds is 3. The van der Waals surface area contributed by atoms with Gasteiger partial charge in [0.25, 0.3) is 0 Å². The molecule has 2 atom stereocenters. The number of aliphatic imine (C=N–C) groups is 1. The normalized spacial score (nSPS) is 21.9. The van der Waals surface area contributed by atoms with Crippen LogP contribution >= 0.6 is 11.8 Å². The monoisotopic (exact) mass is 260 g/mol. The van der Waals surface area contributed by atoms with Crippen LogP contribution in [0.4, 0.5) is 4.79 Å². The molecule has 5 nitrogen and oxygen atoms in total. The quantitative estimate of drug-likeness (QED) is 0.811. The van der Waals surface area contributed by atoms with Crippen molar-refractivity contribution in [2.75, 3.05) is 5.75 Å². The summed E-state index contributed by atoms with van der Waals surface area (Å²) in [5.41, 5.74) is -0.507. The van der Waals surface area contributed by atoms with Crippen LogP contribution in [0.2, 0.25) is 0 Å². The van der Waals surface area contributed by atoms with Gasteiger partial charge in [-0.1, -0.05) is 6.92 Å². The number of thioether (sulfide) groups is 1. The molecular weight excluding hydrogens is 240 g/mol. The molecule has 0 aromatic carbocycles.